The molecule has 0 unspecified atom stereocenters. The number of hydrogen-bond acceptors (Lipinski definition) is 5. The van der Waals surface area contributed by atoms with Crippen molar-refractivity contribution >= 4 is 23.3 Å². The van der Waals surface area contributed by atoms with Crippen LogP contribution in [-0.4, -0.2) is 32.7 Å². The maximum Gasteiger partial charge on any atom is 0.493 e. The highest BCUT2D eigenvalue weighted by atomic mass is 19.4. The van der Waals surface area contributed by atoms with E-state index in [0.29, 0.717) is 0 Å². The van der Waals surface area contributed by atoms with Crippen LogP contribution in [0.25, 0.3) is 16.9 Å². The zero-order valence-electron chi connectivity index (χ0n) is 20.6. The number of aromatic nitrogens is 3. The van der Waals surface area contributed by atoms with Gasteiger partial charge in [0.1, 0.15) is 0 Å². The molecule has 0 saturated heterocycles. The second-order valence-corrected chi connectivity index (χ2v) is 9.50. The Hall–Kier alpha value is -4.42. The molecule has 4 rings (SSSR count). The zero-order chi connectivity index (χ0) is 28.8. The molecule has 204 valence electrons. The summed E-state index contributed by atoms with van der Waals surface area (Å²) in [4.78, 5) is 33.3. The van der Waals surface area contributed by atoms with Gasteiger partial charge in [0, 0.05) is 11.1 Å². The Bertz CT molecular complexity index is 1540. The summed E-state index contributed by atoms with van der Waals surface area (Å²) in [7, 11) is 0. The first kappa shape index (κ1) is 27.6. The average Bonchev–Trinajstić information content (AvgIpc) is 3.28. The van der Waals surface area contributed by atoms with Crippen molar-refractivity contribution in [2.24, 2.45) is 0 Å². The lowest BCUT2D eigenvalue weighted by molar-refractivity contribution is -0.200. The number of benzene rings is 2. The van der Waals surface area contributed by atoms with E-state index in [1.165, 1.54) is 36.4 Å². The predicted octanol–water partition coefficient (Wildman–Crippen LogP) is 6.38. The number of hydrogen-bond donors (Lipinski definition) is 0. The van der Waals surface area contributed by atoms with Crippen LogP contribution in [-0.2, 0) is 21.2 Å². The second-order valence-electron chi connectivity index (χ2n) is 9.50. The van der Waals surface area contributed by atoms with Crippen LogP contribution in [0.15, 0.2) is 66.9 Å². The van der Waals surface area contributed by atoms with Gasteiger partial charge in [-0.3, -0.25) is 4.79 Å². The Kier molecular flexibility index (Phi) is 6.88. The first-order valence-electron chi connectivity index (χ1n) is 11.3. The quantitative estimate of drug-likeness (QED) is 0.219. The molecule has 0 bridgehead atoms. The third-order valence-electron chi connectivity index (χ3n) is 5.59. The van der Waals surface area contributed by atoms with Crippen molar-refractivity contribution < 1.29 is 40.8 Å². The van der Waals surface area contributed by atoms with Crippen LogP contribution in [0.3, 0.4) is 0 Å². The molecule has 0 aliphatic carbocycles. The van der Waals surface area contributed by atoms with Gasteiger partial charge in [-0.15, -0.1) is 5.06 Å². The van der Waals surface area contributed by atoms with Gasteiger partial charge >= 0.3 is 18.3 Å². The van der Waals surface area contributed by atoms with Crippen molar-refractivity contribution in [1.29, 1.82) is 0 Å². The summed E-state index contributed by atoms with van der Waals surface area (Å²) in [6.07, 6.45) is -8.99. The van der Waals surface area contributed by atoms with E-state index in [4.69, 9.17) is 0 Å². The topological polar surface area (TPSA) is 76.8 Å². The summed E-state index contributed by atoms with van der Waals surface area (Å²) >= 11 is 0. The highest BCUT2D eigenvalue weighted by Gasteiger charge is 2.44. The Morgan fingerprint density at radius 1 is 0.872 bits per heavy atom. The molecule has 1 amide bonds. The Morgan fingerprint density at radius 3 is 2.13 bits per heavy atom. The van der Waals surface area contributed by atoms with Gasteiger partial charge in [0.25, 0.3) is 5.91 Å². The molecule has 7 nitrogen and oxygen atoms in total. The van der Waals surface area contributed by atoms with E-state index in [-0.39, 0.29) is 32.9 Å². The van der Waals surface area contributed by atoms with Crippen molar-refractivity contribution in [1.82, 2.24) is 14.6 Å². The minimum atomic E-state index is -5.41. The van der Waals surface area contributed by atoms with E-state index < -0.39 is 35.6 Å². The predicted molar refractivity (Wildman–Crippen MR) is 128 cm³/mol. The van der Waals surface area contributed by atoms with E-state index in [0.717, 1.165) is 28.4 Å². The summed E-state index contributed by atoms with van der Waals surface area (Å²) in [6, 6.07) is 13.0. The van der Waals surface area contributed by atoms with Crippen molar-refractivity contribution in [3.8, 4) is 11.3 Å². The fraction of sp³-hybridized carbons (Fsp3) is 0.231. The molecule has 39 heavy (non-hydrogen) atoms. The maximum atomic E-state index is 13.2. The number of amides is 1. The number of anilines is 1. The number of imidazole rings is 1. The van der Waals surface area contributed by atoms with E-state index in [1.807, 2.05) is 20.8 Å². The third-order valence-corrected chi connectivity index (χ3v) is 5.59. The third kappa shape index (κ3) is 6.02. The highest BCUT2D eigenvalue weighted by Crippen LogP contribution is 2.32. The zero-order valence-corrected chi connectivity index (χ0v) is 20.6. The number of halogens is 6. The van der Waals surface area contributed by atoms with Crippen LogP contribution in [0.4, 0.5) is 32.2 Å². The second kappa shape index (κ2) is 9.71. The largest absolute Gasteiger partial charge is 0.493 e. The number of hydroxylamine groups is 1. The van der Waals surface area contributed by atoms with Crippen LogP contribution >= 0.6 is 0 Å². The van der Waals surface area contributed by atoms with Crippen molar-refractivity contribution in [2.75, 3.05) is 5.06 Å². The molecule has 0 radical (unpaired) electrons. The van der Waals surface area contributed by atoms with Gasteiger partial charge in [0.05, 0.1) is 17.5 Å². The molecule has 2 aromatic heterocycles. The monoisotopic (exact) mass is 550 g/mol. The van der Waals surface area contributed by atoms with Gasteiger partial charge in [-0.1, -0.05) is 45.0 Å². The fourth-order valence-corrected chi connectivity index (χ4v) is 3.53. The lowest BCUT2D eigenvalue weighted by Crippen LogP contribution is -2.39. The molecular weight excluding hydrogens is 530 g/mol. The van der Waals surface area contributed by atoms with Crippen LogP contribution in [0, 0.1) is 0 Å². The van der Waals surface area contributed by atoms with E-state index >= 15 is 0 Å². The summed E-state index contributed by atoms with van der Waals surface area (Å²) in [6.45, 7) is 5.79. The molecule has 0 aliphatic rings. The molecule has 2 heterocycles. The molecule has 4 aromatic rings. The Morgan fingerprint density at radius 2 is 1.54 bits per heavy atom. The van der Waals surface area contributed by atoms with Crippen molar-refractivity contribution in [3.63, 3.8) is 0 Å². The van der Waals surface area contributed by atoms with Crippen molar-refractivity contribution in [3.05, 3.63) is 83.6 Å². The molecule has 13 heteroatoms. The highest BCUT2D eigenvalue weighted by molar-refractivity contribution is 6.05. The molecule has 0 spiro atoms. The minimum Gasteiger partial charge on any atom is -0.323 e. The normalized spacial score (nSPS) is 12.4. The number of carbonyl (C=O) groups is 2. The van der Waals surface area contributed by atoms with E-state index in [9.17, 15) is 35.9 Å². The summed E-state index contributed by atoms with van der Waals surface area (Å²) in [5.41, 5.74) is -0.206. The molecule has 0 aliphatic heterocycles. The molecular formula is C26H20F6N4O3. The number of alkyl halides is 6. The van der Waals surface area contributed by atoms with E-state index in [1.54, 1.807) is 12.1 Å². The van der Waals surface area contributed by atoms with Crippen molar-refractivity contribution in [2.45, 2.75) is 38.5 Å². The maximum absolute atomic E-state index is 13.2. The van der Waals surface area contributed by atoms with Gasteiger partial charge in [-0.05, 0) is 47.4 Å². The van der Waals surface area contributed by atoms with Crippen LogP contribution in [0.5, 0.6) is 0 Å². The Balaban J connectivity index is 1.74. The fourth-order valence-electron chi connectivity index (χ4n) is 3.53. The van der Waals surface area contributed by atoms with Crippen LogP contribution in [0.2, 0.25) is 0 Å². The molecule has 0 fully saturated rings. The van der Waals surface area contributed by atoms with Gasteiger partial charge in [0.15, 0.2) is 11.5 Å². The standard InChI is InChI=1S/C26H20F6N4O3/c1-24(2,3)17-9-7-15(8-10-17)22(37)36(39-23(38)26(30,31)32)21-14-35-20(33-21)12-11-19(34-35)16-5-4-6-18(13-16)25(27,28)29/h4-14H,1-3H3. The molecule has 2 aromatic carbocycles. The van der Waals surface area contributed by atoms with E-state index in [2.05, 4.69) is 14.9 Å². The van der Waals surface area contributed by atoms with Crippen LogP contribution in [0.1, 0.15) is 42.3 Å². The van der Waals surface area contributed by atoms with Gasteiger partial charge < -0.3 is 4.84 Å². The smallest absolute Gasteiger partial charge is 0.323 e. The number of nitrogens with zero attached hydrogens (tertiary/aromatic N) is 4. The number of carbonyl (C=O) groups excluding carboxylic acids is 2. The Labute approximate surface area is 217 Å². The average molecular weight is 550 g/mol. The molecule has 0 saturated carbocycles. The van der Waals surface area contributed by atoms with Gasteiger partial charge in [-0.2, -0.15) is 31.4 Å². The SMILES string of the molecule is CC(C)(C)c1ccc(C(=O)N(OC(=O)C(F)(F)F)c2cn3nc(-c4cccc(C(F)(F)F)c4)ccc3n2)cc1. The lowest BCUT2D eigenvalue weighted by atomic mass is 9.87. The molecule has 0 atom stereocenters. The lowest BCUT2D eigenvalue weighted by Gasteiger charge is -2.21. The van der Waals surface area contributed by atoms with Crippen LogP contribution < -0.4 is 5.06 Å². The summed E-state index contributed by atoms with van der Waals surface area (Å²) in [5.74, 6) is -4.28. The van der Waals surface area contributed by atoms with Gasteiger partial charge in [0.2, 0.25) is 0 Å². The molecule has 0 N–H and O–H groups in total. The first-order chi connectivity index (χ1) is 18.0. The number of fused-ring (bicyclic) bond motifs is 1. The number of rotatable bonds is 3. The van der Waals surface area contributed by atoms with Gasteiger partial charge in [-0.25, -0.2) is 14.3 Å². The minimum absolute atomic E-state index is 0.0182. The summed E-state index contributed by atoms with van der Waals surface area (Å²) in [5, 5.41) is 4.25. The first-order valence-corrected chi connectivity index (χ1v) is 11.3. The summed E-state index contributed by atoms with van der Waals surface area (Å²) < 4.78 is 79.4.